The molecule has 188 valence electrons. The van der Waals surface area contributed by atoms with Crippen molar-refractivity contribution in [3.05, 3.63) is 125 Å². The van der Waals surface area contributed by atoms with Gasteiger partial charge in [0.05, 0.1) is 5.56 Å². The molecule has 38 heavy (non-hydrogen) atoms. The zero-order valence-corrected chi connectivity index (χ0v) is 20.9. The van der Waals surface area contributed by atoms with Crippen molar-refractivity contribution in [1.29, 1.82) is 0 Å². The first kappa shape index (κ1) is 24.8. The van der Waals surface area contributed by atoms with Crippen LogP contribution in [0.5, 0.6) is 0 Å². The first-order valence-electron chi connectivity index (χ1n) is 12.3. The highest BCUT2D eigenvalue weighted by Gasteiger charge is 2.46. The first-order chi connectivity index (χ1) is 18.4. The standard InChI is InChI=1S/C32H25NO5/c1-19-11-10-12-20(2)27(19)33-31(36)29(35)26(30-24-17-8-9-18-25(24)32(37)38-30)28(34)23-16-7-6-15-22(23)21-13-4-3-5-14-21/h3-18,26,30H,1-2H3,(H,33,36)/t26-,30+/m0/s1. The lowest BCUT2D eigenvalue weighted by Crippen LogP contribution is -2.38. The van der Waals surface area contributed by atoms with Gasteiger partial charge in [-0.15, -0.1) is 0 Å². The second-order valence-corrected chi connectivity index (χ2v) is 9.25. The van der Waals surface area contributed by atoms with Gasteiger partial charge in [0.1, 0.15) is 12.0 Å². The Morgan fingerprint density at radius 3 is 2.05 bits per heavy atom. The molecule has 4 aromatic carbocycles. The number of ketones is 2. The second-order valence-electron chi connectivity index (χ2n) is 9.25. The van der Waals surface area contributed by atoms with Crippen LogP contribution in [0.2, 0.25) is 0 Å². The summed E-state index contributed by atoms with van der Waals surface area (Å²) in [4.78, 5) is 54.0. The van der Waals surface area contributed by atoms with Crippen LogP contribution in [-0.4, -0.2) is 23.4 Å². The van der Waals surface area contributed by atoms with Crippen LogP contribution in [-0.2, 0) is 14.3 Å². The normalized spacial score (nSPS) is 14.8. The van der Waals surface area contributed by atoms with Crippen molar-refractivity contribution in [1.82, 2.24) is 0 Å². The van der Waals surface area contributed by atoms with E-state index >= 15 is 0 Å². The largest absolute Gasteiger partial charge is 0.453 e. The summed E-state index contributed by atoms with van der Waals surface area (Å²) in [6.07, 6.45) is -1.23. The minimum Gasteiger partial charge on any atom is -0.453 e. The fraction of sp³-hybridized carbons (Fsp3) is 0.125. The van der Waals surface area contributed by atoms with E-state index in [9.17, 15) is 19.2 Å². The molecule has 0 bridgehead atoms. The molecular formula is C32H25NO5. The van der Waals surface area contributed by atoms with E-state index in [1.54, 1.807) is 48.5 Å². The summed E-state index contributed by atoms with van der Waals surface area (Å²) in [7, 11) is 0. The average molecular weight is 504 g/mol. The second kappa shape index (κ2) is 10.3. The highest BCUT2D eigenvalue weighted by Crippen LogP contribution is 2.39. The van der Waals surface area contributed by atoms with Crippen LogP contribution >= 0.6 is 0 Å². The fourth-order valence-electron chi connectivity index (χ4n) is 4.88. The molecule has 5 rings (SSSR count). The number of rotatable bonds is 7. The Kier molecular flexibility index (Phi) is 6.71. The lowest BCUT2D eigenvalue weighted by Gasteiger charge is -2.22. The quantitative estimate of drug-likeness (QED) is 0.147. The summed E-state index contributed by atoms with van der Waals surface area (Å²) < 4.78 is 5.59. The Morgan fingerprint density at radius 1 is 0.737 bits per heavy atom. The molecule has 0 aliphatic carbocycles. The fourth-order valence-corrected chi connectivity index (χ4v) is 4.88. The van der Waals surface area contributed by atoms with E-state index in [0.29, 0.717) is 16.8 Å². The molecule has 0 spiro atoms. The van der Waals surface area contributed by atoms with Crippen molar-refractivity contribution in [2.45, 2.75) is 20.0 Å². The molecule has 2 atom stereocenters. The van der Waals surface area contributed by atoms with Gasteiger partial charge in [0.15, 0.2) is 5.78 Å². The van der Waals surface area contributed by atoms with Gasteiger partial charge >= 0.3 is 5.97 Å². The van der Waals surface area contributed by atoms with Gasteiger partial charge in [-0.2, -0.15) is 0 Å². The molecule has 0 saturated carbocycles. The number of cyclic esters (lactones) is 1. The van der Waals surface area contributed by atoms with Crippen LogP contribution in [0.4, 0.5) is 5.69 Å². The van der Waals surface area contributed by atoms with Crippen molar-refractivity contribution >= 4 is 29.1 Å². The highest BCUT2D eigenvalue weighted by molar-refractivity contribution is 6.45. The Morgan fingerprint density at radius 2 is 1.34 bits per heavy atom. The van der Waals surface area contributed by atoms with E-state index in [1.165, 1.54) is 0 Å². The van der Waals surface area contributed by atoms with Crippen molar-refractivity contribution in [3.8, 4) is 11.1 Å². The average Bonchev–Trinajstić information content (AvgIpc) is 3.27. The van der Waals surface area contributed by atoms with Gasteiger partial charge in [-0.05, 0) is 42.2 Å². The van der Waals surface area contributed by atoms with E-state index in [2.05, 4.69) is 5.32 Å². The molecule has 6 heteroatoms. The predicted molar refractivity (Wildman–Crippen MR) is 144 cm³/mol. The van der Waals surface area contributed by atoms with Crippen LogP contribution in [0.25, 0.3) is 11.1 Å². The van der Waals surface area contributed by atoms with Gasteiger partial charge in [0.2, 0.25) is 5.78 Å². The minimum atomic E-state index is -1.57. The van der Waals surface area contributed by atoms with E-state index < -0.39 is 35.5 Å². The summed E-state index contributed by atoms with van der Waals surface area (Å²) in [5.41, 5.74) is 4.40. The number of fused-ring (bicyclic) bond motifs is 1. The molecule has 1 heterocycles. The summed E-state index contributed by atoms with van der Waals surface area (Å²) in [6.45, 7) is 3.64. The van der Waals surface area contributed by atoms with Gasteiger partial charge in [-0.1, -0.05) is 91.0 Å². The van der Waals surface area contributed by atoms with Crippen molar-refractivity contribution in [3.63, 3.8) is 0 Å². The SMILES string of the molecule is Cc1cccc(C)c1NC(=O)C(=O)[C@H](C(=O)c1ccccc1-c1ccccc1)[C@@H]1OC(=O)c2ccccc21. The summed E-state index contributed by atoms with van der Waals surface area (Å²) in [5.74, 6) is -4.73. The molecule has 1 aliphatic rings. The number of anilines is 1. The molecule has 0 radical (unpaired) electrons. The molecule has 0 saturated heterocycles. The zero-order chi connectivity index (χ0) is 26.8. The lowest BCUT2D eigenvalue weighted by molar-refractivity contribution is -0.138. The molecule has 4 aromatic rings. The summed E-state index contributed by atoms with van der Waals surface area (Å²) in [5, 5.41) is 2.69. The van der Waals surface area contributed by atoms with E-state index in [1.807, 2.05) is 62.4 Å². The molecule has 0 fully saturated rings. The first-order valence-corrected chi connectivity index (χ1v) is 12.3. The summed E-state index contributed by atoms with van der Waals surface area (Å²) in [6, 6.07) is 28.3. The van der Waals surface area contributed by atoms with Gasteiger partial charge in [0, 0.05) is 16.8 Å². The van der Waals surface area contributed by atoms with Crippen LogP contribution in [0.3, 0.4) is 0 Å². The third-order valence-corrected chi connectivity index (χ3v) is 6.81. The van der Waals surface area contributed by atoms with E-state index in [4.69, 9.17) is 4.74 Å². The number of esters is 1. The Balaban J connectivity index is 1.59. The number of carbonyl (C=O) groups is 4. The number of Topliss-reactive ketones (excluding diaryl/α,β-unsaturated/α-hetero) is 2. The van der Waals surface area contributed by atoms with Crippen LogP contribution in [0, 0.1) is 19.8 Å². The van der Waals surface area contributed by atoms with E-state index in [0.717, 1.165) is 16.7 Å². The van der Waals surface area contributed by atoms with Gasteiger partial charge in [-0.3, -0.25) is 14.4 Å². The molecule has 0 aromatic heterocycles. The minimum absolute atomic E-state index is 0.261. The molecule has 6 nitrogen and oxygen atoms in total. The number of hydrogen-bond acceptors (Lipinski definition) is 5. The number of aryl methyl sites for hydroxylation is 2. The van der Waals surface area contributed by atoms with Gasteiger partial charge < -0.3 is 10.1 Å². The number of ether oxygens (including phenoxy) is 1. The predicted octanol–water partition coefficient (Wildman–Crippen LogP) is 5.89. The number of para-hydroxylation sites is 1. The third-order valence-electron chi connectivity index (χ3n) is 6.81. The Hall–Kier alpha value is -4.84. The monoisotopic (exact) mass is 503 g/mol. The van der Waals surface area contributed by atoms with Crippen molar-refractivity contribution < 1.29 is 23.9 Å². The smallest absolute Gasteiger partial charge is 0.339 e. The number of benzene rings is 4. The van der Waals surface area contributed by atoms with Crippen molar-refractivity contribution in [2.24, 2.45) is 5.92 Å². The number of amides is 1. The van der Waals surface area contributed by atoms with Crippen LogP contribution < -0.4 is 5.32 Å². The van der Waals surface area contributed by atoms with Gasteiger partial charge in [0.25, 0.3) is 5.91 Å². The zero-order valence-electron chi connectivity index (χ0n) is 20.9. The molecule has 1 aliphatic heterocycles. The molecule has 0 unspecified atom stereocenters. The maximum Gasteiger partial charge on any atom is 0.339 e. The number of carbonyl (C=O) groups excluding carboxylic acids is 4. The number of hydrogen-bond donors (Lipinski definition) is 1. The number of nitrogens with one attached hydrogen (secondary N) is 1. The van der Waals surface area contributed by atoms with Crippen molar-refractivity contribution in [2.75, 3.05) is 5.32 Å². The molecule has 1 amide bonds. The van der Waals surface area contributed by atoms with E-state index in [-0.39, 0.29) is 11.1 Å². The summed E-state index contributed by atoms with van der Waals surface area (Å²) >= 11 is 0. The topological polar surface area (TPSA) is 89.5 Å². The Labute approximate surface area is 220 Å². The molecule has 1 N–H and O–H groups in total. The maximum absolute atomic E-state index is 14.2. The highest BCUT2D eigenvalue weighted by atomic mass is 16.5. The molecular weight excluding hydrogens is 478 g/mol. The lowest BCUT2D eigenvalue weighted by atomic mass is 9.82. The maximum atomic E-state index is 14.2. The van der Waals surface area contributed by atoms with Crippen LogP contribution in [0.15, 0.2) is 97.1 Å². The third kappa shape index (κ3) is 4.52. The Bertz CT molecular complexity index is 1550. The van der Waals surface area contributed by atoms with Crippen LogP contribution in [0.1, 0.15) is 43.5 Å². The van der Waals surface area contributed by atoms with Gasteiger partial charge in [-0.25, -0.2) is 4.79 Å².